The first kappa shape index (κ1) is 12.1. The van der Waals surface area contributed by atoms with E-state index < -0.39 is 0 Å². The average Bonchev–Trinajstić information content (AvgIpc) is 3.15. The number of nitrogens with one attached hydrogen (secondary N) is 2. The summed E-state index contributed by atoms with van der Waals surface area (Å²) in [6.07, 6.45) is 3.68. The molecule has 1 aliphatic carbocycles. The van der Waals surface area contributed by atoms with Crippen molar-refractivity contribution in [3.05, 3.63) is 23.8 Å². The van der Waals surface area contributed by atoms with Crippen LogP contribution in [0.25, 0.3) is 0 Å². The lowest BCUT2D eigenvalue weighted by Gasteiger charge is -2.21. The molecule has 96 valence electrons. The fraction of sp³-hybridized carbons (Fsp3) is 0.500. The van der Waals surface area contributed by atoms with E-state index in [1.807, 2.05) is 6.92 Å². The van der Waals surface area contributed by atoms with Gasteiger partial charge in [-0.1, -0.05) is 6.07 Å². The van der Waals surface area contributed by atoms with Crippen molar-refractivity contribution in [3.63, 3.8) is 0 Å². The quantitative estimate of drug-likeness (QED) is 0.875. The second-order valence-corrected chi connectivity index (χ2v) is 6.44. The molecule has 18 heavy (non-hydrogen) atoms. The number of hydrogen-bond donors (Lipinski definition) is 2. The van der Waals surface area contributed by atoms with Gasteiger partial charge in [0.15, 0.2) is 0 Å². The molecule has 1 saturated carbocycles. The number of carbonyl (C=O) groups excluding carboxylic acids is 1. The summed E-state index contributed by atoms with van der Waals surface area (Å²) in [6, 6.07) is 7.17. The molecule has 0 spiro atoms. The van der Waals surface area contributed by atoms with Crippen LogP contribution in [0.3, 0.4) is 0 Å². The first-order valence-corrected chi connectivity index (χ1v) is 7.44. The molecule has 3 nitrogen and oxygen atoms in total. The Balaban J connectivity index is 1.66. The maximum absolute atomic E-state index is 11.6. The monoisotopic (exact) mass is 262 g/mol. The Labute approximate surface area is 112 Å². The predicted octanol–water partition coefficient (Wildman–Crippen LogP) is 2.41. The first-order valence-electron chi connectivity index (χ1n) is 6.56. The van der Waals surface area contributed by atoms with Crippen molar-refractivity contribution >= 4 is 23.4 Å². The van der Waals surface area contributed by atoms with Gasteiger partial charge in [0.05, 0.1) is 10.9 Å². The van der Waals surface area contributed by atoms with Gasteiger partial charge in [-0.25, -0.2) is 0 Å². The second kappa shape index (κ2) is 4.94. The lowest BCUT2D eigenvalue weighted by Crippen LogP contribution is -2.26. The molecule has 0 radical (unpaired) electrons. The Morgan fingerprint density at radius 3 is 3.06 bits per heavy atom. The van der Waals surface area contributed by atoms with E-state index in [1.165, 1.54) is 23.3 Å². The summed E-state index contributed by atoms with van der Waals surface area (Å²) in [7, 11) is 0. The zero-order valence-electron chi connectivity index (χ0n) is 10.5. The summed E-state index contributed by atoms with van der Waals surface area (Å²) >= 11 is 1.64. The Morgan fingerprint density at radius 2 is 2.28 bits per heavy atom. The fourth-order valence-corrected chi connectivity index (χ4v) is 3.05. The number of carbonyl (C=O) groups is 1. The minimum Gasteiger partial charge on any atom is -0.324 e. The van der Waals surface area contributed by atoms with Crippen LogP contribution in [0.1, 0.15) is 25.3 Å². The van der Waals surface area contributed by atoms with Gasteiger partial charge >= 0.3 is 0 Å². The summed E-state index contributed by atoms with van der Waals surface area (Å²) in [4.78, 5) is 12.8. The first-order chi connectivity index (χ1) is 8.72. The summed E-state index contributed by atoms with van der Waals surface area (Å²) in [6.45, 7) is 2.97. The van der Waals surface area contributed by atoms with Gasteiger partial charge in [0.1, 0.15) is 0 Å². The zero-order valence-corrected chi connectivity index (χ0v) is 11.3. The third-order valence-electron chi connectivity index (χ3n) is 3.40. The number of hydrogen-bond acceptors (Lipinski definition) is 3. The van der Waals surface area contributed by atoms with Crippen molar-refractivity contribution in [3.8, 4) is 0 Å². The van der Waals surface area contributed by atoms with E-state index in [4.69, 9.17) is 0 Å². The average molecular weight is 262 g/mol. The predicted molar refractivity (Wildman–Crippen MR) is 75.1 cm³/mol. The molecule has 1 unspecified atom stereocenters. The van der Waals surface area contributed by atoms with Gasteiger partial charge in [0, 0.05) is 10.9 Å². The molecule has 3 rings (SSSR count). The SMILES string of the molecule is CC1Sc2ccc(CCNC3CC3)cc2NC1=O. The number of benzene rings is 1. The number of anilines is 1. The largest absolute Gasteiger partial charge is 0.324 e. The molecule has 1 atom stereocenters. The van der Waals surface area contributed by atoms with E-state index in [1.54, 1.807) is 11.8 Å². The van der Waals surface area contributed by atoms with Crippen molar-refractivity contribution in [1.29, 1.82) is 0 Å². The molecule has 2 N–H and O–H groups in total. The van der Waals surface area contributed by atoms with Crippen molar-refractivity contribution in [1.82, 2.24) is 5.32 Å². The van der Waals surface area contributed by atoms with Crippen molar-refractivity contribution < 1.29 is 4.79 Å². The Kier molecular flexibility index (Phi) is 3.31. The molecular weight excluding hydrogens is 244 g/mol. The van der Waals surface area contributed by atoms with Gasteiger partial charge in [0.25, 0.3) is 0 Å². The summed E-state index contributed by atoms with van der Waals surface area (Å²) in [5.74, 6) is 0.112. The molecular formula is C14H18N2OS. The van der Waals surface area contributed by atoms with E-state index in [0.717, 1.165) is 24.7 Å². The molecule has 4 heteroatoms. The topological polar surface area (TPSA) is 41.1 Å². The van der Waals surface area contributed by atoms with Gasteiger partial charge in [0.2, 0.25) is 5.91 Å². The number of fused-ring (bicyclic) bond motifs is 1. The van der Waals surface area contributed by atoms with Crippen LogP contribution in [0.15, 0.2) is 23.1 Å². The highest BCUT2D eigenvalue weighted by Crippen LogP contribution is 2.35. The van der Waals surface area contributed by atoms with Crippen LogP contribution in [0, 0.1) is 0 Å². The van der Waals surface area contributed by atoms with Crippen LogP contribution in [0.4, 0.5) is 5.69 Å². The van der Waals surface area contributed by atoms with E-state index >= 15 is 0 Å². The van der Waals surface area contributed by atoms with Gasteiger partial charge in [-0.15, -0.1) is 11.8 Å². The van der Waals surface area contributed by atoms with Crippen LogP contribution in [-0.4, -0.2) is 23.7 Å². The van der Waals surface area contributed by atoms with Crippen molar-refractivity contribution in [2.75, 3.05) is 11.9 Å². The lowest BCUT2D eigenvalue weighted by molar-refractivity contribution is -0.115. The highest BCUT2D eigenvalue weighted by molar-refractivity contribution is 8.00. The van der Waals surface area contributed by atoms with Crippen LogP contribution in [0.5, 0.6) is 0 Å². The van der Waals surface area contributed by atoms with Crippen LogP contribution in [0.2, 0.25) is 0 Å². The van der Waals surface area contributed by atoms with Crippen LogP contribution >= 0.6 is 11.8 Å². The molecule has 2 aliphatic rings. The molecule has 1 heterocycles. The summed E-state index contributed by atoms with van der Waals surface area (Å²) in [5.41, 5.74) is 2.27. The lowest BCUT2D eigenvalue weighted by atomic mass is 10.1. The zero-order chi connectivity index (χ0) is 12.5. The Morgan fingerprint density at radius 1 is 1.44 bits per heavy atom. The third kappa shape index (κ3) is 2.70. The second-order valence-electron chi connectivity index (χ2n) is 5.06. The number of rotatable bonds is 4. The molecule has 1 aromatic carbocycles. The fourth-order valence-electron chi connectivity index (χ4n) is 2.12. The molecule has 1 amide bonds. The third-order valence-corrected chi connectivity index (χ3v) is 4.58. The van der Waals surface area contributed by atoms with Crippen LogP contribution in [-0.2, 0) is 11.2 Å². The van der Waals surface area contributed by atoms with Gasteiger partial charge in [-0.2, -0.15) is 0 Å². The number of amides is 1. The minimum absolute atomic E-state index is 0.0138. The number of thioether (sulfide) groups is 1. The van der Waals surface area contributed by atoms with Crippen LogP contribution < -0.4 is 10.6 Å². The molecule has 0 saturated heterocycles. The van der Waals surface area contributed by atoms with Crippen molar-refractivity contribution in [2.24, 2.45) is 0 Å². The van der Waals surface area contributed by atoms with E-state index in [2.05, 4.69) is 28.8 Å². The normalized spacial score (nSPS) is 22.5. The van der Waals surface area contributed by atoms with E-state index in [-0.39, 0.29) is 11.2 Å². The molecule has 1 fully saturated rings. The summed E-state index contributed by atoms with van der Waals surface area (Å²) in [5, 5.41) is 6.50. The summed E-state index contributed by atoms with van der Waals surface area (Å²) < 4.78 is 0. The Bertz CT molecular complexity index is 471. The molecule has 1 aromatic rings. The maximum Gasteiger partial charge on any atom is 0.237 e. The van der Waals surface area contributed by atoms with Gasteiger partial charge in [-0.3, -0.25) is 4.79 Å². The van der Waals surface area contributed by atoms with Crippen molar-refractivity contribution in [2.45, 2.75) is 42.4 Å². The van der Waals surface area contributed by atoms with Gasteiger partial charge < -0.3 is 10.6 Å². The van der Waals surface area contributed by atoms with E-state index in [9.17, 15) is 4.79 Å². The highest BCUT2D eigenvalue weighted by atomic mass is 32.2. The molecule has 1 aliphatic heterocycles. The smallest absolute Gasteiger partial charge is 0.237 e. The maximum atomic E-state index is 11.6. The standard InChI is InChI=1S/C14H18N2OS/c1-9-14(17)16-12-8-10(2-5-13(12)18-9)6-7-15-11-3-4-11/h2,5,8-9,11,15H,3-4,6-7H2,1H3,(H,16,17). The minimum atomic E-state index is 0.0138. The van der Waals surface area contributed by atoms with E-state index in [0.29, 0.717) is 0 Å². The Hall–Kier alpha value is -1.00. The molecule has 0 bridgehead atoms. The molecule has 0 aromatic heterocycles. The highest BCUT2D eigenvalue weighted by Gasteiger charge is 2.23. The van der Waals surface area contributed by atoms with Gasteiger partial charge in [-0.05, 0) is 50.4 Å².